The van der Waals surface area contributed by atoms with Crippen molar-refractivity contribution < 1.29 is 0 Å². The molecule has 0 saturated carbocycles. The maximum Gasteiger partial charge on any atom is 0.0547 e. The monoisotopic (exact) mass is 786 g/mol. The van der Waals surface area contributed by atoms with Gasteiger partial charge < -0.3 is 9.13 Å². The van der Waals surface area contributed by atoms with E-state index in [2.05, 4.69) is 240 Å². The lowest BCUT2D eigenvalue weighted by Gasteiger charge is -2.18. The molecule has 0 unspecified atom stereocenters. The summed E-state index contributed by atoms with van der Waals surface area (Å²) in [5.74, 6) is 0. The summed E-state index contributed by atoms with van der Waals surface area (Å²) in [6.07, 6.45) is 0. The highest BCUT2D eigenvalue weighted by molar-refractivity contribution is 6.23. The van der Waals surface area contributed by atoms with Crippen molar-refractivity contribution in [3.63, 3.8) is 0 Å². The number of rotatable bonds is 5. The minimum absolute atomic E-state index is 1.14. The lowest BCUT2D eigenvalue weighted by atomic mass is 9.86. The van der Waals surface area contributed by atoms with Crippen molar-refractivity contribution in [2.45, 2.75) is 0 Å². The van der Waals surface area contributed by atoms with Crippen molar-refractivity contribution in [3.8, 4) is 44.8 Å². The van der Waals surface area contributed by atoms with Crippen molar-refractivity contribution >= 4 is 75.9 Å². The van der Waals surface area contributed by atoms with Gasteiger partial charge in [0.15, 0.2) is 0 Å². The van der Waals surface area contributed by atoms with Crippen molar-refractivity contribution in [3.05, 3.63) is 231 Å². The summed E-state index contributed by atoms with van der Waals surface area (Å²) in [5.41, 5.74) is 14.5. The summed E-state index contributed by atoms with van der Waals surface area (Å²) in [4.78, 5) is 0. The Labute approximate surface area is 358 Å². The Morgan fingerprint density at radius 1 is 0.226 bits per heavy atom. The summed E-state index contributed by atoms with van der Waals surface area (Å²) < 4.78 is 4.85. The van der Waals surface area contributed by atoms with Crippen LogP contribution in [0, 0.1) is 0 Å². The van der Waals surface area contributed by atoms with Crippen LogP contribution in [-0.2, 0) is 0 Å². The van der Waals surface area contributed by atoms with Gasteiger partial charge in [-0.05, 0) is 120 Å². The average molecular weight is 787 g/mol. The lowest BCUT2D eigenvalue weighted by molar-refractivity contribution is 1.18. The molecule has 2 aromatic heterocycles. The molecule has 2 heteroatoms. The van der Waals surface area contributed by atoms with Crippen molar-refractivity contribution in [2.24, 2.45) is 0 Å². The van der Waals surface area contributed by atoms with Crippen LogP contribution in [0.5, 0.6) is 0 Å². The number of para-hydroxylation sites is 2. The highest BCUT2D eigenvalue weighted by Crippen LogP contribution is 2.45. The quantitative estimate of drug-likeness (QED) is 0.154. The Balaban J connectivity index is 1.01. The topological polar surface area (TPSA) is 9.86 Å². The van der Waals surface area contributed by atoms with Gasteiger partial charge in [0.05, 0.1) is 22.1 Å². The van der Waals surface area contributed by atoms with Crippen LogP contribution in [0.25, 0.3) is 121 Å². The fraction of sp³-hybridized carbons (Fsp3) is 0. The van der Waals surface area contributed by atoms with E-state index in [9.17, 15) is 0 Å². The molecule has 0 aliphatic rings. The first-order chi connectivity index (χ1) is 30.8. The zero-order valence-electron chi connectivity index (χ0n) is 33.8. The van der Waals surface area contributed by atoms with E-state index < -0.39 is 0 Å². The van der Waals surface area contributed by atoms with E-state index in [0.717, 1.165) is 5.69 Å². The minimum atomic E-state index is 1.14. The number of hydrogen-bond acceptors (Lipinski definition) is 0. The molecular formula is C60H38N2. The molecule has 13 rings (SSSR count). The van der Waals surface area contributed by atoms with Crippen molar-refractivity contribution in [1.29, 1.82) is 0 Å². The van der Waals surface area contributed by atoms with Gasteiger partial charge in [0.25, 0.3) is 0 Å². The van der Waals surface area contributed by atoms with Gasteiger partial charge in [0.1, 0.15) is 0 Å². The molecule has 2 nitrogen and oxygen atoms in total. The number of aromatic nitrogens is 2. The van der Waals surface area contributed by atoms with Crippen LogP contribution in [0.15, 0.2) is 231 Å². The molecule has 0 fully saturated rings. The van der Waals surface area contributed by atoms with Crippen LogP contribution in [0.3, 0.4) is 0 Å². The fourth-order valence-electron chi connectivity index (χ4n) is 10.4. The van der Waals surface area contributed by atoms with Gasteiger partial charge in [-0.15, -0.1) is 0 Å². The van der Waals surface area contributed by atoms with Crippen molar-refractivity contribution in [2.75, 3.05) is 0 Å². The zero-order chi connectivity index (χ0) is 40.7. The predicted octanol–water partition coefficient (Wildman–Crippen LogP) is 16.3. The smallest absolute Gasteiger partial charge is 0.0547 e. The molecule has 0 bridgehead atoms. The number of benzene rings is 11. The second-order valence-electron chi connectivity index (χ2n) is 16.4. The van der Waals surface area contributed by atoms with Crippen LogP contribution >= 0.6 is 0 Å². The maximum atomic E-state index is 2.47. The molecule has 0 N–H and O–H groups in total. The molecule has 0 amide bonds. The molecule has 0 spiro atoms. The SMILES string of the molecule is c1ccc(-c2c3ccccc3c(-c3ccc(-n4c5cc(-c6ccc7c(c6)c6ccccc6n7-c6ccccc6)ccc5c5c6ccccc6ccc54)cc3)c3ccccc23)cc1. The molecule has 62 heavy (non-hydrogen) atoms. The standard InChI is InChI=1S/C60H38N2/c1-3-16-40(17-4-1)58-48-22-9-11-24-50(48)59(51-25-12-10-23-49(51)58)41-27-32-45(33-28-41)62-56-36-30-39-15-7-8-20-46(39)60(56)52-34-29-43(38-57(52)62)42-31-35-55-53(37-42)47-21-13-14-26-54(47)61(55)44-18-5-2-6-19-44/h1-38H. The van der Waals surface area contributed by atoms with E-state index in [1.807, 2.05) is 0 Å². The van der Waals surface area contributed by atoms with E-state index in [0.29, 0.717) is 0 Å². The Hall–Kier alpha value is -8.20. The van der Waals surface area contributed by atoms with Gasteiger partial charge >= 0.3 is 0 Å². The van der Waals surface area contributed by atoms with Crippen LogP contribution in [0.4, 0.5) is 0 Å². The summed E-state index contributed by atoms with van der Waals surface area (Å²) in [6, 6.07) is 84.7. The number of hydrogen-bond donors (Lipinski definition) is 0. The molecular weight excluding hydrogens is 749 g/mol. The first kappa shape index (κ1) is 34.6. The van der Waals surface area contributed by atoms with E-state index in [-0.39, 0.29) is 0 Å². The Morgan fingerprint density at radius 3 is 1.39 bits per heavy atom. The molecule has 0 radical (unpaired) electrons. The molecule has 0 atom stereocenters. The summed E-state index contributed by atoms with van der Waals surface area (Å²) in [6.45, 7) is 0. The zero-order valence-corrected chi connectivity index (χ0v) is 33.8. The predicted molar refractivity (Wildman–Crippen MR) is 264 cm³/mol. The second-order valence-corrected chi connectivity index (χ2v) is 16.4. The molecule has 2 heterocycles. The summed E-state index contributed by atoms with van der Waals surface area (Å²) in [5, 5.41) is 12.6. The first-order valence-corrected chi connectivity index (χ1v) is 21.4. The normalized spacial score (nSPS) is 11.9. The van der Waals surface area contributed by atoms with Crippen LogP contribution < -0.4 is 0 Å². The number of nitrogens with zero attached hydrogens (tertiary/aromatic N) is 2. The van der Waals surface area contributed by atoms with E-state index in [1.165, 1.54) is 115 Å². The third-order valence-electron chi connectivity index (χ3n) is 13.1. The van der Waals surface area contributed by atoms with E-state index in [1.54, 1.807) is 0 Å². The second kappa shape index (κ2) is 13.7. The fourth-order valence-corrected chi connectivity index (χ4v) is 10.4. The Kier molecular flexibility index (Phi) is 7.64. The maximum absolute atomic E-state index is 2.47. The van der Waals surface area contributed by atoms with Gasteiger partial charge in [-0.2, -0.15) is 0 Å². The number of fused-ring (bicyclic) bond motifs is 10. The van der Waals surface area contributed by atoms with Gasteiger partial charge in [-0.1, -0.05) is 176 Å². The molecule has 0 saturated heterocycles. The summed E-state index contributed by atoms with van der Waals surface area (Å²) >= 11 is 0. The molecule has 288 valence electrons. The van der Waals surface area contributed by atoms with Gasteiger partial charge in [0.2, 0.25) is 0 Å². The van der Waals surface area contributed by atoms with Crippen LogP contribution in [0.1, 0.15) is 0 Å². The molecule has 11 aromatic carbocycles. The van der Waals surface area contributed by atoms with E-state index in [4.69, 9.17) is 0 Å². The van der Waals surface area contributed by atoms with Crippen molar-refractivity contribution in [1.82, 2.24) is 9.13 Å². The van der Waals surface area contributed by atoms with Crippen LogP contribution in [0.2, 0.25) is 0 Å². The van der Waals surface area contributed by atoms with Gasteiger partial charge in [0, 0.05) is 32.9 Å². The highest BCUT2D eigenvalue weighted by Gasteiger charge is 2.20. The van der Waals surface area contributed by atoms with Gasteiger partial charge in [-0.25, -0.2) is 0 Å². The third kappa shape index (κ3) is 5.17. The average Bonchev–Trinajstić information content (AvgIpc) is 3.86. The minimum Gasteiger partial charge on any atom is -0.309 e. The van der Waals surface area contributed by atoms with E-state index >= 15 is 0 Å². The molecule has 0 aliphatic heterocycles. The molecule has 13 aromatic rings. The molecule has 0 aliphatic carbocycles. The van der Waals surface area contributed by atoms with Gasteiger partial charge in [-0.3, -0.25) is 0 Å². The lowest BCUT2D eigenvalue weighted by Crippen LogP contribution is -1.95. The highest BCUT2D eigenvalue weighted by atomic mass is 15.0. The Bertz CT molecular complexity index is 3830. The third-order valence-corrected chi connectivity index (χ3v) is 13.1. The first-order valence-electron chi connectivity index (χ1n) is 21.4. The largest absolute Gasteiger partial charge is 0.309 e. The summed E-state index contributed by atoms with van der Waals surface area (Å²) in [7, 11) is 0. The van der Waals surface area contributed by atoms with Crippen LogP contribution in [-0.4, -0.2) is 9.13 Å². The Morgan fingerprint density at radius 2 is 0.694 bits per heavy atom.